The molecule has 0 heterocycles. The third-order valence-corrected chi connectivity index (χ3v) is 3.41. The summed E-state index contributed by atoms with van der Waals surface area (Å²) in [5.41, 5.74) is 0.638. The minimum atomic E-state index is -0.972. The van der Waals surface area contributed by atoms with Crippen molar-refractivity contribution in [2.75, 3.05) is 6.61 Å². The summed E-state index contributed by atoms with van der Waals surface area (Å²) in [6, 6.07) is 3.71. The second kappa shape index (κ2) is 6.56. The fourth-order valence-corrected chi connectivity index (χ4v) is 3.59. The van der Waals surface area contributed by atoms with E-state index in [9.17, 15) is 4.79 Å². The van der Waals surface area contributed by atoms with Crippen LogP contribution in [-0.4, -0.2) is 17.7 Å². The first-order valence-electron chi connectivity index (χ1n) is 4.57. The van der Waals surface area contributed by atoms with Gasteiger partial charge in [-0.15, -0.1) is 0 Å². The summed E-state index contributed by atoms with van der Waals surface area (Å²) < 4.78 is 8.04. The van der Waals surface area contributed by atoms with Gasteiger partial charge in [-0.3, -0.25) is 0 Å². The van der Waals surface area contributed by atoms with Crippen molar-refractivity contribution in [3.63, 3.8) is 0 Å². The lowest BCUT2D eigenvalue weighted by Gasteiger charge is -2.10. The molecular weight excluding hydrogens is 420 g/mol. The molecule has 0 fully saturated rings. The molecule has 0 bridgehead atoms. The van der Waals surface area contributed by atoms with Crippen LogP contribution in [-0.2, 0) is 4.79 Å². The molecule has 0 aromatic heterocycles. The number of rotatable bonds is 4. The van der Waals surface area contributed by atoms with Crippen LogP contribution < -0.4 is 4.74 Å². The van der Waals surface area contributed by atoms with Gasteiger partial charge >= 0.3 is 5.97 Å². The van der Waals surface area contributed by atoms with Gasteiger partial charge in [-0.05, 0) is 56.5 Å². The van der Waals surface area contributed by atoms with Crippen molar-refractivity contribution in [2.45, 2.75) is 6.92 Å². The Kier molecular flexibility index (Phi) is 5.69. The average Bonchev–Trinajstić information content (AvgIpc) is 2.14. The summed E-state index contributed by atoms with van der Waals surface area (Å²) >= 11 is 10.1. The zero-order chi connectivity index (χ0) is 13.0. The summed E-state index contributed by atoms with van der Waals surface area (Å²) in [6.45, 7) is 1.93. The lowest BCUT2D eigenvalue weighted by atomic mass is 10.3. The van der Waals surface area contributed by atoms with E-state index in [1.165, 1.54) is 0 Å². The number of benzene rings is 1. The summed E-state index contributed by atoms with van der Waals surface area (Å²) in [4.78, 5) is 10.4. The van der Waals surface area contributed by atoms with Gasteiger partial charge in [0.15, 0.2) is 0 Å². The molecule has 1 aromatic carbocycles. The van der Waals surface area contributed by atoms with Gasteiger partial charge in [-0.2, -0.15) is 0 Å². The fourth-order valence-electron chi connectivity index (χ4n) is 1.11. The van der Waals surface area contributed by atoms with E-state index in [0.29, 0.717) is 11.3 Å². The van der Waals surface area contributed by atoms with Crippen molar-refractivity contribution in [3.8, 4) is 5.75 Å². The highest BCUT2D eigenvalue weighted by molar-refractivity contribution is 9.11. The van der Waals surface area contributed by atoms with Gasteiger partial charge in [-0.1, -0.05) is 15.9 Å². The van der Waals surface area contributed by atoms with Crippen LogP contribution in [0.4, 0.5) is 0 Å². The quantitative estimate of drug-likeness (QED) is 0.724. The number of aliphatic carboxylic acids is 1. The molecular formula is C11H9Br3O3. The SMILES string of the molecule is CC(=CC(=O)O)COc1c(Br)cc(Br)cc1Br. The number of carboxylic acid groups (broad SMARTS) is 1. The molecule has 1 N–H and O–H groups in total. The van der Waals surface area contributed by atoms with Crippen LogP contribution in [0.15, 0.2) is 37.2 Å². The highest BCUT2D eigenvalue weighted by atomic mass is 79.9. The Morgan fingerprint density at radius 3 is 2.35 bits per heavy atom. The first kappa shape index (κ1) is 14.7. The van der Waals surface area contributed by atoms with Crippen LogP contribution in [0.25, 0.3) is 0 Å². The maximum atomic E-state index is 10.4. The Hall–Kier alpha value is -0.330. The van der Waals surface area contributed by atoms with Crippen LogP contribution in [0.3, 0.4) is 0 Å². The smallest absolute Gasteiger partial charge is 0.328 e. The number of hydrogen-bond acceptors (Lipinski definition) is 2. The molecule has 0 radical (unpaired) electrons. The van der Waals surface area contributed by atoms with E-state index in [1.807, 2.05) is 12.1 Å². The molecule has 0 atom stereocenters. The normalized spacial score (nSPS) is 11.4. The van der Waals surface area contributed by atoms with Crippen LogP contribution in [0.2, 0.25) is 0 Å². The maximum Gasteiger partial charge on any atom is 0.328 e. The minimum absolute atomic E-state index is 0.227. The summed E-state index contributed by atoms with van der Waals surface area (Å²) in [7, 11) is 0. The van der Waals surface area contributed by atoms with Crippen molar-refractivity contribution < 1.29 is 14.6 Å². The van der Waals surface area contributed by atoms with Crippen molar-refractivity contribution in [1.29, 1.82) is 0 Å². The van der Waals surface area contributed by atoms with Crippen LogP contribution in [0.1, 0.15) is 6.92 Å². The molecule has 0 amide bonds. The number of halogens is 3. The first-order valence-corrected chi connectivity index (χ1v) is 6.95. The maximum absolute atomic E-state index is 10.4. The molecule has 1 aromatic rings. The largest absolute Gasteiger partial charge is 0.487 e. The third-order valence-electron chi connectivity index (χ3n) is 1.78. The van der Waals surface area contributed by atoms with Gasteiger partial charge in [0.1, 0.15) is 12.4 Å². The lowest BCUT2D eigenvalue weighted by Crippen LogP contribution is -2.02. The molecule has 17 heavy (non-hydrogen) atoms. The number of hydrogen-bond donors (Lipinski definition) is 1. The molecule has 0 saturated heterocycles. The van der Waals surface area contributed by atoms with Crippen LogP contribution >= 0.6 is 47.8 Å². The molecule has 0 aliphatic carbocycles. The van der Waals surface area contributed by atoms with Crippen LogP contribution in [0.5, 0.6) is 5.75 Å². The first-order chi connectivity index (χ1) is 7.90. The number of carbonyl (C=O) groups is 1. The topological polar surface area (TPSA) is 46.5 Å². The van der Waals surface area contributed by atoms with E-state index < -0.39 is 5.97 Å². The fraction of sp³-hybridized carbons (Fsp3) is 0.182. The average molecular weight is 429 g/mol. The predicted octanol–water partition coefficient (Wildman–Crippen LogP) is 4.38. The molecule has 0 saturated carbocycles. The minimum Gasteiger partial charge on any atom is -0.487 e. The van der Waals surface area contributed by atoms with Crippen molar-refractivity contribution in [3.05, 3.63) is 37.2 Å². The number of carboxylic acids is 1. The van der Waals surface area contributed by atoms with Gasteiger partial charge in [-0.25, -0.2) is 4.79 Å². The summed E-state index contributed by atoms with van der Waals surface area (Å²) in [5, 5.41) is 8.57. The van der Waals surface area contributed by atoms with Gasteiger partial charge in [0.25, 0.3) is 0 Å². The van der Waals surface area contributed by atoms with E-state index in [1.54, 1.807) is 6.92 Å². The van der Waals surface area contributed by atoms with Crippen LogP contribution in [0, 0.1) is 0 Å². The van der Waals surface area contributed by atoms with Crippen molar-refractivity contribution in [2.24, 2.45) is 0 Å². The van der Waals surface area contributed by atoms with E-state index in [-0.39, 0.29) is 6.61 Å². The van der Waals surface area contributed by atoms with Gasteiger partial charge in [0, 0.05) is 10.5 Å². The molecule has 6 heteroatoms. The van der Waals surface area contributed by atoms with Gasteiger partial charge in [0.05, 0.1) is 8.95 Å². The zero-order valence-corrected chi connectivity index (χ0v) is 13.6. The zero-order valence-electron chi connectivity index (χ0n) is 8.84. The molecule has 0 aliphatic rings. The van der Waals surface area contributed by atoms with Crippen molar-refractivity contribution >= 4 is 53.8 Å². The third kappa shape index (κ3) is 4.81. The van der Waals surface area contributed by atoms with E-state index in [4.69, 9.17) is 9.84 Å². The Balaban J connectivity index is 2.80. The Morgan fingerprint density at radius 1 is 1.35 bits per heavy atom. The molecule has 0 unspecified atom stereocenters. The predicted molar refractivity (Wildman–Crippen MR) is 76.4 cm³/mol. The Bertz CT molecular complexity index is 446. The van der Waals surface area contributed by atoms with E-state index >= 15 is 0 Å². The summed E-state index contributed by atoms with van der Waals surface area (Å²) in [5.74, 6) is -0.327. The Labute approximate surface area is 124 Å². The second-order valence-corrected chi connectivity index (χ2v) is 5.94. The molecule has 1 rings (SSSR count). The van der Waals surface area contributed by atoms with Gasteiger partial charge < -0.3 is 9.84 Å². The standard InChI is InChI=1S/C11H9Br3O3/c1-6(2-10(15)16)5-17-11-8(13)3-7(12)4-9(11)14/h2-4H,5H2,1H3,(H,15,16). The molecule has 0 spiro atoms. The molecule has 0 aliphatic heterocycles. The molecule has 3 nitrogen and oxygen atoms in total. The van der Waals surface area contributed by atoms with E-state index in [2.05, 4.69) is 47.8 Å². The molecule has 92 valence electrons. The summed E-state index contributed by atoms with van der Waals surface area (Å²) in [6.07, 6.45) is 1.13. The van der Waals surface area contributed by atoms with E-state index in [0.717, 1.165) is 19.5 Å². The van der Waals surface area contributed by atoms with Crippen molar-refractivity contribution in [1.82, 2.24) is 0 Å². The monoisotopic (exact) mass is 426 g/mol. The highest BCUT2D eigenvalue weighted by Crippen LogP contribution is 2.36. The Morgan fingerprint density at radius 2 is 1.88 bits per heavy atom. The second-order valence-electron chi connectivity index (χ2n) is 3.32. The van der Waals surface area contributed by atoms with Gasteiger partial charge in [0.2, 0.25) is 0 Å². The highest BCUT2D eigenvalue weighted by Gasteiger charge is 2.08. The number of ether oxygens (including phenoxy) is 1. The lowest BCUT2D eigenvalue weighted by molar-refractivity contribution is -0.131.